The Morgan fingerprint density at radius 1 is 0.418 bits per heavy atom. The summed E-state index contributed by atoms with van der Waals surface area (Å²) in [5.41, 5.74) is 24.0. The van der Waals surface area contributed by atoms with Gasteiger partial charge in [0.25, 0.3) is 6.71 Å². The minimum atomic E-state index is -0.194. The summed E-state index contributed by atoms with van der Waals surface area (Å²) in [6, 6.07) is 73.3. The average molecular weight is 1050 g/mol. The second-order valence-corrected chi connectivity index (χ2v) is 28.0. The van der Waals surface area contributed by atoms with Gasteiger partial charge >= 0.3 is 0 Å². The van der Waals surface area contributed by atoms with E-state index in [2.05, 4.69) is 279 Å². The van der Waals surface area contributed by atoms with Crippen LogP contribution in [0.4, 0.5) is 45.5 Å². The Morgan fingerprint density at radius 2 is 0.962 bits per heavy atom. The summed E-state index contributed by atoms with van der Waals surface area (Å²) < 4.78 is 2.63. The Kier molecular flexibility index (Phi) is 11.1. The highest BCUT2D eigenvalue weighted by atomic mass is 32.1. The zero-order chi connectivity index (χ0) is 54.5. The number of anilines is 8. The first-order valence-corrected chi connectivity index (χ1v) is 29.8. The van der Waals surface area contributed by atoms with Gasteiger partial charge in [-0.2, -0.15) is 0 Å². The lowest BCUT2D eigenvalue weighted by molar-refractivity contribution is 0.195. The van der Waals surface area contributed by atoms with Crippen LogP contribution in [0.5, 0.6) is 0 Å². The summed E-state index contributed by atoms with van der Waals surface area (Å²) in [5.74, 6) is 0. The number of nitrogens with zero attached hydrogens (tertiary/aromatic N) is 3. The highest BCUT2D eigenvalue weighted by Gasteiger charge is 2.58. The molecule has 0 saturated heterocycles. The lowest BCUT2D eigenvalue weighted by atomic mass is 9.33. The monoisotopic (exact) mass is 1050 g/mol. The normalized spacial score (nSPS) is 18.6. The zero-order valence-corrected chi connectivity index (χ0v) is 48.9. The van der Waals surface area contributed by atoms with E-state index in [1.807, 2.05) is 11.3 Å². The van der Waals surface area contributed by atoms with E-state index in [1.54, 1.807) is 0 Å². The Bertz CT molecular complexity index is 4100. The van der Waals surface area contributed by atoms with Gasteiger partial charge in [0.15, 0.2) is 0 Å². The van der Waals surface area contributed by atoms with Crippen LogP contribution in [-0.2, 0) is 21.7 Å². The van der Waals surface area contributed by atoms with Gasteiger partial charge in [-0.05, 0) is 158 Å². The van der Waals surface area contributed by atoms with E-state index in [-0.39, 0.29) is 33.9 Å². The van der Waals surface area contributed by atoms with Crippen molar-refractivity contribution >= 4 is 100 Å². The summed E-state index contributed by atoms with van der Waals surface area (Å²) in [5, 5.41) is 2.64. The molecule has 392 valence electrons. The van der Waals surface area contributed by atoms with Crippen LogP contribution in [0.2, 0.25) is 0 Å². The fourth-order valence-corrected chi connectivity index (χ4v) is 15.6. The zero-order valence-electron chi connectivity index (χ0n) is 48.1. The van der Waals surface area contributed by atoms with Crippen molar-refractivity contribution in [3.05, 3.63) is 210 Å². The fraction of sp³-hybridized carbons (Fsp3) is 0.270. The Hall–Kier alpha value is -7.34. The van der Waals surface area contributed by atoms with Crippen LogP contribution in [0.25, 0.3) is 42.4 Å². The van der Waals surface area contributed by atoms with Gasteiger partial charge in [-0.15, -0.1) is 11.3 Å². The molecule has 5 heteroatoms. The number of hydrogen-bond acceptors (Lipinski definition) is 4. The van der Waals surface area contributed by atoms with Crippen LogP contribution in [-0.4, -0.2) is 12.3 Å². The maximum absolute atomic E-state index is 2.82. The second-order valence-electron chi connectivity index (χ2n) is 26.9. The molecule has 3 nitrogen and oxygen atoms in total. The first kappa shape index (κ1) is 49.9. The molecule has 10 aromatic rings. The summed E-state index contributed by atoms with van der Waals surface area (Å²) in [6.07, 6.45) is 4.67. The molecule has 1 fully saturated rings. The van der Waals surface area contributed by atoms with Crippen LogP contribution in [0.1, 0.15) is 124 Å². The molecule has 1 saturated carbocycles. The molecule has 4 aliphatic rings. The largest absolute Gasteiger partial charge is 0.334 e. The number of benzene rings is 9. The molecule has 1 aromatic heterocycles. The highest BCUT2D eigenvalue weighted by Crippen LogP contribution is 2.62. The van der Waals surface area contributed by atoms with Crippen LogP contribution in [0, 0.1) is 0 Å². The van der Waals surface area contributed by atoms with Crippen molar-refractivity contribution in [2.24, 2.45) is 0 Å². The summed E-state index contributed by atoms with van der Waals surface area (Å²) >= 11 is 1.91. The molecule has 0 amide bonds. The molecule has 1 aliphatic carbocycles. The topological polar surface area (TPSA) is 9.72 Å². The molecular weight excluding hydrogens is 974 g/mol. The molecule has 14 rings (SSSR count). The molecule has 0 N–H and O–H groups in total. The molecule has 3 aliphatic heterocycles. The summed E-state index contributed by atoms with van der Waals surface area (Å²) in [6.45, 7) is 26.4. The Balaban J connectivity index is 1.12. The van der Waals surface area contributed by atoms with E-state index in [0.717, 1.165) is 12.8 Å². The molecule has 0 spiro atoms. The molecule has 0 radical (unpaired) electrons. The van der Waals surface area contributed by atoms with Crippen molar-refractivity contribution in [2.45, 2.75) is 129 Å². The first-order valence-electron chi connectivity index (χ1n) is 29.0. The Labute approximate surface area is 473 Å². The predicted molar refractivity (Wildman–Crippen MR) is 343 cm³/mol. The second kappa shape index (κ2) is 17.6. The molecular formula is C74H72BN3S. The number of hydrogen-bond donors (Lipinski definition) is 0. The van der Waals surface area contributed by atoms with Crippen molar-refractivity contribution in [2.75, 3.05) is 14.7 Å². The first-order chi connectivity index (χ1) is 37.8. The maximum atomic E-state index is 2.82. The third-order valence-electron chi connectivity index (χ3n) is 19.1. The van der Waals surface area contributed by atoms with Crippen molar-refractivity contribution in [3.63, 3.8) is 0 Å². The highest BCUT2D eigenvalue weighted by molar-refractivity contribution is 7.25. The standard InChI is InChI=1S/C74H72BN3S/c1-70(2,3)50-29-35-61(57(41-50)48-24-16-13-17-25-48)77-64-37-31-52(72(7,8)9)43-60(64)75-59-42-51(71(4,5)6)30-36-63(59)76(53-32-33-56-55-26-18-19-27-67(55)79-68(56)46-53)65-44-54(45-66(77)69(65)75)78-62-34-28-49(47-22-14-12-15-23-47)40-58(62)73(10)38-20-21-39-74(73,78)11/h12-19,22-37,40-46H,20-21,38-39H2,1-11H3. The van der Waals surface area contributed by atoms with E-state index in [0.29, 0.717) is 0 Å². The number of fused-ring (bicyclic) bond motifs is 10. The molecule has 2 unspecified atom stereocenters. The minimum absolute atomic E-state index is 0.0435. The number of rotatable bonds is 5. The van der Waals surface area contributed by atoms with Gasteiger partial charge in [0.1, 0.15) is 0 Å². The summed E-state index contributed by atoms with van der Waals surface area (Å²) in [4.78, 5) is 8.18. The maximum Gasteiger partial charge on any atom is 0.252 e. The van der Waals surface area contributed by atoms with Gasteiger partial charge in [-0.25, -0.2) is 0 Å². The van der Waals surface area contributed by atoms with E-state index >= 15 is 0 Å². The lowest BCUT2D eigenvalue weighted by Gasteiger charge is -2.51. The third-order valence-corrected chi connectivity index (χ3v) is 20.2. The quantitative estimate of drug-likeness (QED) is 0.159. The molecule has 2 atom stereocenters. The van der Waals surface area contributed by atoms with Gasteiger partial charge in [0.05, 0.1) is 11.2 Å². The van der Waals surface area contributed by atoms with Crippen LogP contribution < -0.4 is 31.1 Å². The van der Waals surface area contributed by atoms with Crippen molar-refractivity contribution in [1.29, 1.82) is 0 Å². The van der Waals surface area contributed by atoms with Gasteiger partial charge in [-0.3, -0.25) is 0 Å². The molecule has 9 aromatic carbocycles. The summed E-state index contributed by atoms with van der Waals surface area (Å²) in [7, 11) is 0. The van der Waals surface area contributed by atoms with Crippen molar-refractivity contribution in [3.8, 4) is 22.3 Å². The molecule has 4 heterocycles. The van der Waals surface area contributed by atoms with Gasteiger partial charge in [0, 0.05) is 71.0 Å². The van der Waals surface area contributed by atoms with Gasteiger partial charge < -0.3 is 14.7 Å². The van der Waals surface area contributed by atoms with Crippen LogP contribution >= 0.6 is 11.3 Å². The predicted octanol–water partition coefficient (Wildman–Crippen LogP) is 19.1. The molecule has 0 bridgehead atoms. The third kappa shape index (κ3) is 7.65. The van der Waals surface area contributed by atoms with Gasteiger partial charge in [0.2, 0.25) is 0 Å². The minimum Gasteiger partial charge on any atom is -0.334 e. The fourth-order valence-electron chi connectivity index (χ4n) is 14.4. The van der Waals surface area contributed by atoms with Crippen LogP contribution in [0.15, 0.2) is 188 Å². The smallest absolute Gasteiger partial charge is 0.252 e. The van der Waals surface area contributed by atoms with E-state index in [1.165, 1.54) is 139 Å². The lowest BCUT2D eigenvalue weighted by Crippen LogP contribution is -2.62. The van der Waals surface area contributed by atoms with E-state index < -0.39 is 0 Å². The van der Waals surface area contributed by atoms with Gasteiger partial charge in [-0.1, -0.05) is 203 Å². The Morgan fingerprint density at radius 3 is 1.62 bits per heavy atom. The number of thiophene rings is 1. The van der Waals surface area contributed by atoms with E-state index in [4.69, 9.17) is 0 Å². The SMILES string of the molecule is CC(C)(C)c1ccc2c(c1)B1c3cc(C(C)(C)C)ccc3N(c3ccc(C(C)(C)C)cc3-c3ccccc3)c3cc(N4c5ccc(-c6ccccc6)cc5C5(C)CCCCC45C)cc(c31)N2c1ccc2c(c1)sc1ccccc12. The average Bonchev–Trinajstić information content (AvgIpc) is 3.22. The van der Waals surface area contributed by atoms with Crippen molar-refractivity contribution in [1.82, 2.24) is 0 Å². The van der Waals surface area contributed by atoms with Crippen LogP contribution in [0.3, 0.4) is 0 Å². The van der Waals surface area contributed by atoms with E-state index in [9.17, 15) is 0 Å². The molecule has 79 heavy (non-hydrogen) atoms. The van der Waals surface area contributed by atoms with Crippen molar-refractivity contribution < 1.29 is 0 Å².